The number of nitrogens with zero attached hydrogens (tertiary/aromatic N) is 2. The van der Waals surface area contributed by atoms with Crippen LogP contribution in [0.25, 0.3) is 0 Å². The van der Waals surface area contributed by atoms with Gasteiger partial charge in [0, 0.05) is 39.3 Å². The van der Waals surface area contributed by atoms with Gasteiger partial charge < -0.3 is 9.64 Å². The highest BCUT2D eigenvalue weighted by atomic mass is 35.5. The molecule has 3 nitrogen and oxygen atoms in total. The van der Waals surface area contributed by atoms with Crippen molar-refractivity contribution in [1.29, 1.82) is 0 Å². The Morgan fingerprint density at radius 2 is 1.68 bits per heavy atom. The van der Waals surface area contributed by atoms with Gasteiger partial charge in [0.1, 0.15) is 5.75 Å². The lowest BCUT2D eigenvalue weighted by Crippen LogP contribution is -2.46. The van der Waals surface area contributed by atoms with E-state index in [9.17, 15) is 13.2 Å². The van der Waals surface area contributed by atoms with Crippen molar-refractivity contribution in [2.75, 3.05) is 39.8 Å². The molecule has 0 atom stereocenters. The van der Waals surface area contributed by atoms with Crippen molar-refractivity contribution in [3.8, 4) is 5.75 Å². The molecule has 0 amide bonds. The Balaban J connectivity index is 1.49. The molecular formula is C21H24ClF3N2O. The molecule has 3 rings (SSSR count). The highest BCUT2D eigenvalue weighted by Gasteiger charge is 2.32. The van der Waals surface area contributed by atoms with Crippen molar-refractivity contribution < 1.29 is 17.9 Å². The Morgan fingerprint density at radius 3 is 2.32 bits per heavy atom. The van der Waals surface area contributed by atoms with E-state index < -0.39 is 11.7 Å². The summed E-state index contributed by atoms with van der Waals surface area (Å²) in [5, 5.41) is 0.599. The lowest BCUT2D eigenvalue weighted by molar-refractivity contribution is -0.138. The molecule has 0 N–H and O–H groups in total. The Labute approximate surface area is 168 Å². The number of alkyl halides is 3. The molecule has 7 heteroatoms. The Morgan fingerprint density at radius 1 is 1.00 bits per heavy atom. The van der Waals surface area contributed by atoms with Crippen LogP contribution >= 0.6 is 11.6 Å². The molecule has 2 aromatic carbocycles. The summed E-state index contributed by atoms with van der Waals surface area (Å²) in [6, 6.07) is 11.6. The number of benzene rings is 2. The first-order valence-electron chi connectivity index (χ1n) is 9.29. The first-order chi connectivity index (χ1) is 13.4. The zero-order chi connectivity index (χ0) is 20.1. The summed E-state index contributed by atoms with van der Waals surface area (Å²) in [4.78, 5) is 4.56. The number of piperazine rings is 1. The van der Waals surface area contributed by atoms with E-state index in [1.807, 2.05) is 18.2 Å². The molecule has 0 saturated carbocycles. The Hall–Kier alpha value is -1.76. The molecule has 152 valence electrons. The molecule has 0 bridgehead atoms. The number of ether oxygens (including phenoxy) is 1. The van der Waals surface area contributed by atoms with E-state index in [0.717, 1.165) is 44.4 Å². The van der Waals surface area contributed by atoms with Crippen LogP contribution in [-0.2, 0) is 19.1 Å². The van der Waals surface area contributed by atoms with E-state index in [1.54, 1.807) is 19.2 Å². The van der Waals surface area contributed by atoms with Gasteiger partial charge >= 0.3 is 6.18 Å². The SMILES string of the molecule is COc1ccc(CN2CCN(CCc3ccccc3C(F)(F)F)CC2)cc1Cl. The first-order valence-corrected chi connectivity index (χ1v) is 9.67. The highest BCUT2D eigenvalue weighted by molar-refractivity contribution is 6.32. The average Bonchev–Trinajstić information content (AvgIpc) is 2.67. The normalized spacial score (nSPS) is 16.3. The largest absolute Gasteiger partial charge is 0.495 e. The minimum absolute atomic E-state index is 0.366. The third kappa shape index (κ3) is 5.40. The maximum Gasteiger partial charge on any atom is 0.416 e. The summed E-state index contributed by atoms with van der Waals surface area (Å²) in [6.07, 6.45) is -3.89. The average molecular weight is 413 g/mol. The third-order valence-corrected chi connectivity index (χ3v) is 5.40. The van der Waals surface area contributed by atoms with Crippen molar-refractivity contribution >= 4 is 11.6 Å². The van der Waals surface area contributed by atoms with Crippen LogP contribution in [0.4, 0.5) is 13.2 Å². The molecule has 0 unspecified atom stereocenters. The smallest absolute Gasteiger partial charge is 0.416 e. The Kier molecular flexibility index (Phi) is 6.86. The third-order valence-electron chi connectivity index (χ3n) is 5.11. The maximum atomic E-state index is 13.1. The number of rotatable bonds is 6. The molecule has 1 fully saturated rings. The van der Waals surface area contributed by atoms with Crippen molar-refractivity contribution in [1.82, 2.24) is 9.80 Å². The molecule has 2 aromatic rings. The summed E-state index contributed by atoms with van der Waals surface area (Å²) in [5.74, 6) is 0.661. The van der Waals surface area contributed by atoms with Crippen molar-refractivity contribution in [3.63, 3.8) is 0 Å². The topological polar surface area (TPSA) is 15.7 Å². The predicted octanol–water partition coefficient (Wildman–Crippen LogP) is 4.73. The van der Waals surface area contributed by atoms with Gasteiger partial charge in [-0.3, -0.25) is 4.90 Å². The van der Waals surface area contributed by atoms with Gasteiger partial charge in [-0.25, -0.2) is 0 Å². The van der Waals surface area contributed by atoms with Gasteiger partial charge in [0.2, 0.25) is 0 Å². The van der Waals surface area contributed by atoms with Gasteiger partial charge in [-0.15, -0.1) is 0 Å². The second kappa shape index (κ2) is 9.16. The summed E-state index contributed by atoms with van der Waals surface area (Å²) in [6.45, 7) is 4.88. The van der Waals surface area contributed by atoms with Crippen LogP contribution in [0.3, 0.4) is 0 Å². The minimum Gasteiger partial charge on any atom is -0.495 e. The lowest BCUT2D eigenvalue weighted by Gasteiger charge is -2.35. The van der Waals surface area contributed by atoms with E-state index >= 15 is 0 Å². The van der Waals surface area contributed by atoms with Crippen LogP contribution in [0.15, 0.2) is 42.5 Å². The van der Waals surface area contributed by atoms with Gasteiger partial charge in [-0.2, -0.15) is 13.2 Å². The quantitative estimate of drug-likeness (QED) is 0.682. The van der Waals surface area contributed by atoms with Crippen molar-refractivity contribution in [2.45, 2.75) is 19.1 Å². The van der Waals surface area contributed by atoms with Gasteiger partial charge in [0.25, 0.3) is 0 Å². The Bertz CT molecular complexity index is 789. The predicted molar refractivity (Wildman–Crippen MR) is 105 cm³/mol. The summed E-state index contributed by atoms with van der Waals surface area (Å²) in [5.41, 5.74) is 0.966. The van der Waals surface area contributed by atoms with Gasteiger partial charge in [0.05, 0.1) is 17.7 Å². The monoisotopic (exact) mass is 412 g/mol. The van der Waals surface area contributed by atoms with Crippen LogP contribution in [-0.4, -0.2) is 49.6 Å². The molecule has 1 saturated heterocycles. The van der Waals surface area contributed by atoms with E-state index in [4.69, 9.17) is 16.3 Å². The van der Waals surface area contributed by atoms with Crippen LogP contribution in [0, 0.1) is 0 Å². The van der Waals surface area contributed by atoms with Gasteiger partial charge in [0.15, 0.2) is 0 Å². The van der Waals surface area contributed by atoms with Crippen LogP contribution in [0.5, 0.6) is 5.75 Å². The van der Waals surface area contributed by atoms with Gasteiger partial charge in [-0.05, 0) is 35.7 Å². The van der Waals surface area contributed by atoms with Crippen LogP contribution in [0.2, 0.25) is 5.02 Å². The maximum absolute atomic E-state index is 13.1. The van der Waals surface area contributed by atoms with Crippen LogP contribution < -0.4 is 4.74 Å². The molecule has 0 aliphatic carbocycles. The standard InChI is InChI=1S/C21H24ClF3N2O/c1-28-20-7-6-16(14-19(20)22)15-27-12-10-26(11-13-27)9-8-17-4-2-3-5-18(17)21(23,24)25/h2-7,14H,8-13,15H2,1H3. The molecule has 1 heterocycles. The highest BCUT2D eigenvalue weighted by Crippen LogP contribution is 2.32. The molecule has 28 heavy (non-hydrogen) atoms. The van der Waals surface area contributed by atoms with Crippen molar-refractivity contribution in [2.24, 2.45) is 0 Å². The molecule has 1 aliphatic heterocycles. The number of hydrogen-bond acceptors (Lipinski definition) is 3. The van der Waals surface area contributed by atoms with Gasteiger partial charge in [-0.1, -0.05) is 35.9 Å². The lowest BCUT2D eigenvalue weighted by atomic mass is 10.0. The first kappa shape index (κ1) is 21.0. The molecular weight excluding hydrogens is 389 g/mol. The summed E-state index contributed by atoms with van der Waals surface area (Å²) in [7, 11) is 1.59. The fraction of sp³-hybridized carbons (Fsp3) is 0.429. The fourth-order valence-corrected chi connectivity index (χ4v) is 3.81. The summed E-state index contributed by atoms with van der Waals surface area (Å²) < 4.78 is 44.5. The molecule has 0 radical (unpaired) electrons. The second-order valence-electron chi connectivity index (χ2n) is 6.99. The van der Waals surface area contributed by atoms with E-state index in [2.05, 4.69) is 9.80 Å². The second-order valence-corrected chi connectivity index (χ2v) is 7.40. The molecule has 1 aliphatic rings. The zero-order valence-electron chi connectivity index (χ0n) is 15.8. The number of halogens is 4. The fourth-order valence-electron chi connectivity index (χ4n) is 3.53. The zero-order valence-corrected chi connectivity index (χ0v) is 16.6. The molecule has 0 spiro atoms. The van der Waals surface area contributed by atoms with Crippen LogP contribution in [0.1, 0.15) is 16.7 Å². The van der Waals surface area contributed by atoms with E-state index in [0.29, 0.717) is 29.3 Å². The number of methoxy groups -OCH3 is 1. The minimum atomic E-state index is -4.30. The van der Waals surface area contributed by atoms with E-state index in [-0.39, 0.29) is 0 Å². The van der Waals surface area contributed by atoms with E-state index in [1.165, 1.54) is 6.07 Å². The molecule has 0 aromatic heterocycles. The summed E-state index contributed by atoms with van der Waals surface area (Å²) >= 11 is 6.18. The number of hydrogen-bond donors (Lipinski definition) is 0. The van der Waals surface area contributed by atoms with Crippen molar-refractivity contribution in [3.05, 3.63) is 64.2 Å².